The Bertz CT molecular complexity index is 645. The van der Waals surface area contributed by atoms with E-state index in [1.54, 1.807) is 0 Å². The topological polar surface area (TPSA) is 25.8 Å². The van der Waals surface area contributed by atoms with Gasteiger partial charge in [-0.2, -0.15) is 0 Å². The number of hydrogen-bond donors (Lipinski definition) is 0. The van der Waals surface area contributed by atoms with Gasteiger partial charge in [-0.15, -0.1) is 0 Å². The second kappa shape index (κ2) is 14.3. The first-order valence-electron chi connectivity index (χ1n) is 12.1. The summed E-state index contributed by atoms with van der Waals surface area (Å²) >= 11 is 0. The van der Waals surface area contributed by atoms with Crippen LogP contribution in [0, 0.1) is 5.92 Å². The molecule has 0 aliphatic heterocycles. The van der Waals surface area contributed by atoms with E-state index in [-0.39, 0.29) is 0 Å². The lowest BCUT2D eigenvalue weighted by atomic mass is 9.99. The molecule has 29 heavy (non-hydrogen) atoms. The zero-order chi connectivity index (χ0) is 20.7. The van der Waals surface area contributed by atoms with Gasteiger partial charge in [-0.05, 0) is 42.7 Å². The zero-order valence-corrected chi connectivity index (χ0v) is 19.1. The molecule has 0 bridgehead atoms. The Balaban J connectivity index is 1.69. The highest BCUT2D eigenvalue weighted by atomic mass is 14.9. The Morgan fingerprint density at radius 1 is 0.690 bits per heavy atom. The number of benzene rings is 1. The molecule has 160 valence electrons. The molecule has 1 aromatic heterocycles. The van der Waals surface area contributed by atoms with Gasteiger partial charge in [0, 0.05) is 18.0 Å². The van der Waals surface area contributed by atoms with E-state index in [1.807, 2.05) is 12.4 Å². The molecule has 0 aliphatic carbocycles. The van der Waals surface area contributed by atoms with E-state index < -0.39 is 0 Å². The second-order valence-corrected chi connectivity index (χ2v) is 8.74. The molecule has 0 amide bonds. The monoisotopic (exact) mass is 394 g/mol. The molecular weight excluding hydrogens is 352 g/mol. The lowest BCUT2D eigenvalue weighted by Crippen LogP contribution is -1.94. The van der Waals surface area contributed by atoms with Crippen molar-refractivity contribution in [2.24, 2.45) is 5.92 Å². The predicted molar refractivity (Wildman–Crippen MR) is 126 cm³/mol. The maximum atomic E-state index is 4.60. The molecule has 0 radical (unpaired) electrons. The fourth-order valence-corrected chi connectivity index (χ4v) is 3.77. The summed E-state index contributed by atoms with van der Waals surface area (Å²) in [6.07, 6.45) is 21.0. The molecule has 2 rings (SSSR count). The Hall–Kier alpha value is -1.70. The predicted octanol–water partition coefficient (Wildman–Crippen LogP) is 8.20. The Morgan fingerprint density at radius 2 is 1.28 bits per heavy atom. The van der Waals surface area contributed by atoms with Crippen LogP contribution >= 0.6 is 0 Å². The van der Waals surface area contributed by atoms with Crippen LogP contribution in [-0.2, 0) is 12.8 Å². The molecule has 0 saturated heterocycles. The molecule has 1 atom stereocenters. The van der Waals surface area contributed by atoms with Gasteiger partial charge in [0.15, 0.2) is 5.82 Å². The summed E-state index contributed by atoms with van der Waals surface area (Å²) in [6.45, 7) is 6.92. The van der Waals surface area contributed by atoms with Gasteiger partial charge in [0.05, 0.1) is 0 Å². The molecule has 0 aliphatic rings. The highest BCUT2D eigenvalue weighted by Gasteiger charge is 2.03. The normalized spacial score (nSPS) is 12.2. The number of nitrogens with zero attached hydrogens (tertiary/aromatic N) is 2. The van der Waals surface area contributed by atoms with Crippen molar-refractivity contribution >= 4 is 0 Å². The highest BCUT2D eigenvalue weighted by Crippen LogP contribution is 2.18. The first-order chi connectivity index (χ1) is 14.2. The van der Waals surface area contributed by atoms with Crippen LogP contribution in [-0.4, -0.2) is 9.97 Å². The molecule has 0 N–H and O–H groups in total. The van der Waals surface area contributed by atoms with Gasteiger partial charge in [0.2, 0.25) is 0 Å². The van der Waals surface area contributed by atoms with Crippen molar-refractivity contribution in [2.75, 3.05) is 0 Å². The van der Waals surface area contributed by atoms with E-state index in [2.05, 4.69) is 55.0 Å². The minimum Gasteiger partial charge on any atom is -0.236 e. The van der Waals surface area contributed by atoms with Crippen LogP contribution in [0.2, 0.25) is 0 Å². The van der Waals surface area contributed by atoms with Crippen molar-refractivity contribution in [3.05, 3.63) is 47.8 Å². The number of hydrogen-bond acceptors (Lipinski definition) is 2. The standard InChI is InChI=1S/C27H42N2/c1-4-6-7-8-13-16-25-21-28-27(29-22-25)26-19-17-24(18-20-26)15-12-10-9-11-14-23(3)5-2/h17-23H,4-16H2,1-3H3. The van der Waals surface area contributed by atoms with Crippen LogP contribution in [0.1, 0.15) is 103 Å². The SMILES string of the molecule is CCCCCCCc1cnc(-c2ccc(CCCCCCC(C)CC)cc2)nc1. The van der Waals surface area contributed by atoms with E-state index in [0.717, 1.165) is 23.7 Å². The third kappa shape index (κ3) is 9.56. The summed E-state index contributed by atoms with van der Waals surface area (Å²) in [7, 11) is 0. The van der Waals surface area contributed by atoms with Crippen LogP contribution in [0.15, 0.2) is 36.7 Å². The molecule has 0 saturated carbocycles. The molecule has 0 spiro atoms. The molecule has 2 heteroatoms. The van der Waals surface area contributed by atoms with Crippen LogP contribution in [0.3, 0.4) is 0 Å². The van der Waals surface area contributed by atoms with Crippen LogP contribution in [0.4, 0.5) is 0 Å². The molecule has 0 fully saturated rings. The van der Waals surface area contributed by atoms with Gasteiger partial charge in [-0.3, -0.25) is 0 Å². The third-order valence-corrected chi connectivity index (χ3v) is 6.10. The summed E-state index contributed by atoms with van der Waals surface area (Å²) in [6, 6.07) is 8.86. The average Bonchev–Trinajstić information content (AvgIpc) is 2.76. The Kier molecular flexibility index (Phi) is 11.6. The van der Waals surface area contributed by atoms with E-state index in [1.165, 1.54) is 88.2 Å². The van der Waals surface area contributed by atoms with E-state index in [4.69, 9.17) is 0 Å². The molecule has 2 aromatic rings. The van der Waals surface area contributed by atoms with Crippen molar-refractivity contribution in [3.63, 3.8) is 0 Å². The van der Waals surface area contributed by atoms with Crippen molar-refractivity contribution in [1.29, 1.82) is 0 Å². The van der Waals surface area contributed by atoms with Crippen molar-refractivity contribution in [2.45, 2.75) is 104 Å². The van der Waals surface area contributed by atoms with E-state index >= 15 is 0 Å². The van der Waals surface area contributed by atoms with Crippen LogP contribution < -0.4 is 0 Å². The maximum Gasteiger partial charge on any atom is 0.159 e. The van der Waals surface area contributed by atoms with E-state index in [9.17, 15) is 0 Å². The Labute approximate surface area is 179 Å². The largest absolute Gasteiger partial charge is 0.236 e. The van der Waals surface area contributed by atoms with Gasteiger partial charge >= 0.3 is 0 Å². The fraction of sp³-hybridized carbons (Fsp3) is 0.630. The molecule has 1 unspecified atom stereocenters. The molecule has 1 heterocycles. The number of unbranched alkanes of at least 4 members (excludes halogenated alkanes) is 7. The summed E-state index contributed by atoms with van der Waals surface area (Å²) < 4.78 is 0. The van der Waals surface area contributed by atoms with Crippen molar-refractivity contribution < 1.29 is 0 Å². The fourth-order valence-electron chi connectivity index (χ4n) is 3.77. The van der Waals surface area contributed by atoms with Crippen LogP contribution in [0.5, 0.6) is 0 Å². The van der Waals surface area contributed by atoms with Crippen LogP contribution in [0.25, 0.3) is 11.4 Å². The summed E-state index contributed by atoms with van der Waals surface area (Å²) in [5.74, 6) is 1.74. The first kappa shape index (κ1) is 23.6. The number of aryl methyl sites for hydroxylation is 2. The average molecular weight is 395 g/mol. The number of rotatable bonds is 15. The van der Waals surface area contributed by atoms with Crippen molar-refractivity contribution in [1.82, 2.24) is 9.97 Å². The number of aromatic nitrogens is 2. The molecule has 1 aromatic carbocycles. The summed E-state index contributed by atoms with van der Waals surface area (Å²) in [5.41, 5.74) is 3.81. The molecular formula is C27H42N2. The van der Waals surface area contributed by atoms with Crippen molar-refractivity contribution in [3.8, 4) is 11.4 Å². The van der Waals surface area contributed by atoms with Gasteiger partial charge < -0.3 is 0 Å². The highest BCUT2D eigenvalue weighted by molar-refractivity contribution is 5.55. The minimum atomic E-state index is 0.844. The quantitative estimate of drug-likeness (QED) is 0.284. The van der Waals surface area contributed by atoms with Gasteiger partial charge in [0.25, 0.3) is 0 Å². The van der Waals surface area contributed by atoms with Gasteiger partial charge in [0.1, 0.15) is 0 Å². The van der Waals surface area contributed by atoms with E-state index in [0.29, 0.717) is 0 Å². The smallest absolute Gasteiger partial charge is 0.159 e. The van der Waals surface area contributed by atoms with Gasteiger partial charge in [-0.1, -0.05) is 103 Å². The Morgan fingerprint density at radius 3 is 1.90 bits per heavy atom. The second-order valence-electron chi connectivity index (χ2n) is 8.74. The third-order valence-electron chi connectivity index (χ3n) is 6.10. The lowest BCUT2D eigenvalue weighted by Gasteiger charge is -2.08. The first-order valence-corrected chi connectivity index (χ1v) is 12.1. The maximum absolute atomic E-state index is 4.60. The minimum absolute atomic E-state index is 0.844. The van der Waals surface area contributed by atoms with Gasteiger partial charge in [-0.25, -0.2) is 9.97 Å². The summed E-state index contributed by atoms with van der Waals surface area (Å²) in [5, 5.41) is 0. The zero-order valence-electron chi connectivity index (χ0n) is 19.1. The lowest BCUT2D eigenvalue weighted by molar-refractivity contribution is 0.475. The summed E-state index contributed by atoms with van der Waals surface area (Å²) in [4.78, 5) is 9.20. The molecule has 2 nitrogen and oxygen atoms in total.